The maximum atomic E-state index is 13.8. The number of hydrogen-bond acceptors (Lipinski definition) is 3. The highest BCUT2D eigenvalue weighted by Crippen LogP contribution is 2.24. The van der Waals surface area contributed by atoms with Crippen LogP contribution in [0.3, 0.4) is 0 Å². The average Bonchev–Trinajstić information content (AvgIpc) is 2.61. The predicted molar refractivity (Wildman–Crippen MR) is 76.3 cm³/mol. The highest BCUT2D eigenvalue weighted by atomic mass is 35.5. The molecule has 1 aromatic heterocycles. The van der Waals surface area contributed by atoms with Crippen LogP contribution < -0.4 is 10.5 Å². The molecule has 0 amide bonds. The Bertz CT molecular complexity index is 625. The molecule has 0 saturated heterocycles. The first kappa shape index (κ1) is 14.8. The van der Waals surface area contributed by atoms with Crippen molar-refractivity contribution in [2.45, 2.75) is 26.5 Å². The van der Waals surface area contributed by atoms with Crippen molar-refractivity contribution in [1.29, 1.82) is 0 Å². The molecule has 0 aliphatic carbocycles. The van der Waals surface area contributed by atoms with Crippen molar-refractivity contribution in [3.63, 3.8) is 0 Å². The number of nitrogens with two attached hydrogens (primary N) is 1. The Morgan fingerprint density at radius 3 is 2.70 bits per heavy atom. The number of ether oxygens (including phenoxy) is 1. The van der Waals surface area contributed by atoms with Gasteiger partial charge in [0.05, 0.1) is 16.4 Å². The van der Waals surface area contributed by atoms with E-state index >= 15 is 0 Å². The Balaban J connectivity index is 2.13. The van der Waals surface area contributed by atoms with Crippen LogP contribution in [0.15, 0.2) is 18.2 Å². The fourth-order valence-electron chi connectivity index (χ4n) is 1.96. The molecule has 0 spiro atoms. The molecule has 0 fully saturated rings. The van der Waals surface area contributed by atoms with Gasteiger partial charge in [-0.25, -0.2) is 4.39 Å². The minimum absolute atomic E-state index is 0.229. The predicted octanol–water partition coefficient (Wildman–Crippen LogP) is 3.12. The topological polar surface area (TPSA) is 53.1 Å². The average molecular weight is 298 g/mol. The maximum Gasteiger partial charge on any atom is 0.131 e. The van der Waals surface area contributed by atoms with Crippen molar-refractivity contribution in [2.75, 3.05) is 0 Å². The fourth-order valence-corrected chi connectivity index (χ4v) is 2.17. The van der Waals surface area contributed by atoms with Crippen molar-refractivity contribution >= 4 is 11.6 Å². The zero-order valence-corrected chi connectivity index (χ0v) is 12.4. The Morgan fingerprint density at radius 2 is 2.20 bits per heavy atom. The van der Waals surface area contributed by atoms with Crippen LogP contribution >= 0.6 is 11.6 Å². The molecule has 0 aliphatic heterocycles. The van der Waals surface area contributed by atoms with Gasteiger partial charge in [-0.2, -0.15) is 5.10 Å². The first-order valence-electron chi connectivity index (χ1n) is 6.26. The summed E-state index contributed by atoms with van der Waals surface area (Å²) in [5.41, 5.74) is 7.62. The zero-order valence-electron chi connectivity index (χ0n) is 11.7. The van der Waals surface area contributed by atoms with Gasteiger partial charge in [-0.05, 0) is 19.9 Å². The summed E-state index contributed by atoms with van der Waals surface area (Å²) in [6.07, 6.45) is 0. The summed E-state index contributed by atoms with van der Waals surface area (Å²) in [6, 6.07) is 4.30. The molecule has 1 atom stereocenters. The molecule has 1 heterocycles. The SMILES string of the molecule is Cc1nn(C)c(COc2ccc(C(C)N)c(F)c2)c1Cl. The lowest BCUT2D eigenvalue weighted by Gasteiger charge is -2.10. The van der Waals surface area contributed by atoms with Crippen LogP contribution in [0.1, 0.15) is 29.9 Å². The minimum Gasteiger partial charge on any atom is -0.487 e. The van der Waals surface area contributed by atoms with E-state index in [2.05, 4.69) is 5.10 Å². The number of aryl methyl sites for hydroxylation is 2. The second-order valence-electron chi connectivity index (χ2n) is 4.73. The van der Waals surface area contributed by atoms with Gasteiger partial charge in [-0.15, -0.1) is 0 Å². The first-order valence-corrected chi connectivity index (χ1v) is 6.63. The van der Waals surface area contributed by atoms with Crippen LogP contribution in [-0.4, -0.2) is 9.78 Å². The molecule has 2 aromatic rings. The molecule has 1 unspecified atom stereocenters. The third-order valence-corrected chi connectivity index (χ3v) is 3.59. The standard InChI is InChI=1S/C14H17ClFN3O/c1-8(17)11-5-4-10(6-12(11)16)20-7-13-14(15)9(2)18-19(13)3/h4-6,8H,7,17H2,1-3H3. The van der Waals surface area contributed by atoms with Gasteiger partial charge in [0.25, 0.3) is 0 Å². The molecule has 2 rings (SSSR count). The molecule has 0 bridgehead atoms. The highest BCUT2D eigenvalue weighted by molar-refractivity contribution is 6.31. The van der Waals surface area contributed by atoms with Gasteiger partial charge in [-0.3, -0.25) is 4.68 Å². The van der Waals surface area contributed by atoms with Gasteiger partial charge in [0.2, 0.25) is 0 Å². The van der Waals surface area contributed by atoms with Crippen LogP contribution in [0.2, 0.25) is 5.02 Å². The van der Waals surface area contributed by atoms with Crippen molar-refractivity contribution in [2.24, 2.45) is 12.8 Å². The number of nitrogens with zero attached hydrogens (tertiary/aromatic N) is 2. The van der Waals surface area contributed by atoms with E-state index in [4.69, 9.17) is 22.1 Å². The van der Waals surface area contributed by atoms with E-state index in [1.807, 2.05) is 6.92 Å². The molecule has 6 heteroatoms. The van der Waals surface area contributed by atoms with Crippen LogP contribution in [0.4, 0.5) is 4.39 Å². The number of hydrogen-bond donors (Lipinski definition) is 1. The summed E-state index contributed by atoms with van der Waals surface area (Å²) >= 11 is 6.12. The summed E-state index contributed by atoms with van der Waals surface area (Å²) in [4.78, 5) is 0. The van der Waals surface area contributed by atoms with Gasteiger partial charge in [-0.1, -0.05) is 17.7 Å². The van der Waals surface area contributed by atoms with E-state index in [0.29, 0.717) is 16.3 Å². The zero-order chi connectivity index (χ0) is 14.9. The molecular weight excluding hydrogens is 281 g/mol. The van der Waals surface area contributed by atoms with Gasteiger partial charge in [0, 0.05) is 24.7 Å². The van der Waals surface area contributed by atoms with Gasteiger partial charge < -0.3 is 10.5 Å². The summed E-state index contributed by atoms with van der Waals surface area (Å²) in [7, 11) is 1.79. The quantitative estimate of drug-likeness (QED) is 0.943. The van der Waals surface area contributed by atoms with E-state index in [1.54, 1.807) is 30.8 Å². The van der Waals surface area contributed by atoms with E-state index in [1.165, 1.54) is 6.07 Å². The number of benzene rings is 1. The number of rotatable bonds is 4. The number of aromatic nitrogens is 2. The Hall–Kier alpha value is -1.59. The van der Waals surface area contributed by atoms with Crippen molar-refractivity contribution in [3.05, 3.63) is 46.0 Å². The lowest BCUT2D eigenvalue weighted by Crippen LogP contribution is -2.08. The summed E-state index contributed by atoms with van der Waals surface area (Å²) in [5.74, 6) is 0.0617. The largest absolute Gasteiger partial charge is 0.487 e. The van der Waals surface area contributed by atoms with Crippen LogP contribution in [-0.2, 0) is 13.7 Å². The minimum atomic E-state index is -0.371. The molecule has 108 valence electrons. The second-order valence-corrected chi connectivity index (χ2v) is 5.11. The monoisotopic (exact) mass is 297 g/mol. The molecule has 0 saturated carbocycles. The van der Waals surface area contributed by atoms with E-state index in [9.17, 15) is 4.39 Å². The molecule has 20 heavy (non-hydrogen) atoms. The Kier molecular flexibility index (Phi) is 4.30. The molecule has 2 N–H and O–H groups in total. The van der Waals surface area contributed by atoms with Gasteiger partial charge in [0.15, 0.2) is 0 Å². The molecule has 0 aliphatic rings. The third-order valence-electron chi connectivity index (χ3n) is 3.10. The second kappa shape index (κ2) is 5.81. The Morgan fingerprint density at radius 1 is 1.50 bits per heavy atom. The van der Waals surface area contributed by atoms with E-state index in [-0.39, 0.29) is 18.5 Å². The van der Waals surface area contributed by atoms with Crippen LogP contribution in [0, 0.1) is 12.7 Å². The molecule has 0 radical (unpaired) electrons. The van der Waals surface area contributed by atoms with E-state index < -0.39 is 0 Å². The summed E-state index contributed by atoms with van der Waals surface area (Å²) in [6.45, 7) is 3.78. The highest BCUT2D eigenvalue weighted by Gasteiger charge is 2.13. The molecule has 4 nitrogen and oxygen atoms in total. The number of halogens is 2. The lowest BCUT2D eigenvalue weighted by molar-refractivity contribution is 0.293. The third kappa shape index (κ3) is 2.94. The Labute approximate surface area is 122 Å². The lowest BCUT2D eigenvalue weighted by atomic mass is 10.1. The van der Waals surface area contributed by atoms with Crippen molar-refractivity contribution in [3.8, 4) is 5.75 Å². The summed E-state index contributed by atoms with van der Waals surface area (Å²) < 4.78 is 21.0. The van der Waals surface area contributed by atoms with Gasteiger partial charge in [0.1, 0.15) is 18.2 Å². The smallest absolute Gasteiger partial charge is 0.131 e. The molecular formula is C14H17ClFN3O. The fraction of sp³-hybridized carbons (Fsp3) is 0.357. The normalized spacial score (nSPS) is 12.5. The first-order chi connectivity index (χ1) is 9.40. The van der Waals surface area contributed by atoms with Gasteiger partial charge >= 0.3 is 0 Å². The molecule has 1 aromatic carbocycles. The van der Waals surface area contributed by atoms with Crippen molar-refractivity contribution in [1.82, 2.24) is 9.78 Å². The van der Waals surface area contributed by atoms with Crippen LogP contribution in [0.5, 0.6) is 5.75 Å². The van der Waals surface area contributed by atoms with Crippen LogP contribution in [0.25, 0.3) is 0 Å². The maximum absolute atomic E-state index is 13.8. The van der Waals surface area contributed by atoms with Crippen molar-refractivity contribution < 1.29 is 9.13 Å². The summed E-state index contributed by atoms with van der Waals surface area (Å²) in [5, 5.41) is 4.76. The van der Waals surface area contributed by atoms with E-state index in [0.717, 1.165) is 11.4 Å².